The maximum atomic E-state index is 5.59. The zero-order chi connectivity index (χ0) is 8.84. The van der Waals surface area contributed by atoms with Gasteiger partial charge >= 0.3 is 0 Å². The van der Waals surface area contributed by atoms with Crippen LogP contribution in [0.2, 0.25) is 0 Å². The van der Waals surface area contributed by atoms with Crippen LogP contribution in [0, 0.1) is 0 Å². The Kier molecular flexibility index (Phi) is 1.47. The summed E-state index contributed by atoms with van der Waals surface area (Å²) in [5, 5.41) is 0. The summed E-state index contributed by atoms with van der Waals surface area (Å²) in [6, 6.07) is 4.17. The van der Waals surface area contributed by atoms with Crippen molar-refractivity contribution >= 4 is 0 Å². The van der Waals surface area contributed by atoms with Crippen molar-refractivity contribution in [2.24, 2.45) is 0 Å². The van der Waals surface area contributed by atoms with Crippen LogP contribution in [0.3, 0.4) is 0 Å². The van der Waals surface area contributed by atoms with Gasteiger partial charge in [-0.2, -0.15) is 0 Å². The molecule has 0 bridgehead atoms. The van der Waals surface area contributed by atoms with Gasteiger partial charge in [-0.3, -0.25) is 4.98 Å². The Morgan fingerprint density at radius 1 is 1.46 bits per heavy atom. The van der Waals surface area contributed by atoms with Gasteiger partial charge < -0.3 is 4.74 Å². The second kappa shape index (κ2) is 2.55. The summed E-state index contributed by atoms with van der Waals surface area (Å²) in [4.78, 5) is 4.46. The monoisotopic (exact) mass is 175 g/mol. The van der Waals surface area contributed by atoms with Crippen molar-refractivity contribution in [3.8, 4) is 0 Å². The predicted octanol–water partition coefficient (Wildman–Crippen LogP) is 2.42. The molecule has 2 heteroatoms. The molecule has 1 aromatic heterocycles. The van der Waals surface area contributed by atoms with E-state index in [0.717, 1.165) is 0 Å². The van der Waals surface area contributed by atoms with Gasteiger partial charge in [0.05, 0.1) is 6.10 Å². The maximum Gasteiger partial charge on any atom is 0.111 e. The highest BCUT2D eigenvalue weighted by Crippen LogP contribution is 2.47. The summed E-state index contributed by atoms with van der Waals surface area (Å²) >= 11 is 0. The molecule has 0 aromatic carbocycles. The van der Waals surface area contributed by atoms with Crippen molar-refractivity contribution in [1.29, 1.82) is 0 Å². The van der Waals surface area contributed by atoms with Gasteiger partial charge in [0.25, 0.3) is 0 Å². The van der Waals surface area contributed by atoms with Gasteiger partial charge in [-0.25, -0.2) is 0 Å². The molecule has 2 heterocycles. The standard InChI is InChI=1S/C11H13NO/c1-7-4-5-9-11(13-9)8-3-2-6-12-10(7)8/h2-3,6-7,9,11H,4-5H2,1H3/t7-,9-,11+/m0/s1. The number of nitrogens with zero attached hydrogens (tertiary/aromatic N) is 1. The van der Waals surface area contributed by atoms with Crippen molar-refractivity contribution in [2.45, 2.75) is 37.9 Å². The summed E-state index contributed by atoms with van der Waals surface area (Å²) in [5.74, 6) is 0.604. The van der Waals surface area contributed by atoms with Crippen LogP contribution in [0.25, 0.3) is 0 Å². The Balaban J connectivity index is 2.10. The Morgan fingerprint density at radius 3 is 3.31 bits per heavy atom. The molecule has 0 radical (unpaired) electrons. The summed E-state index contributed by atoms with van der Waals surface area (Å²) in [7, 11) is 0. The van der Waals surface area contributed by atoms with E-state index in [2.05, 4.69) is 18.0 Å². The summed E-state index contributed by atoms with van der Waals surface area (Å²) in [5.41, 5.74) is 2.59. The second-order valence-corrected chi connectivity index (χ2v) is 4.05. The molecule has 3 rings (SSSR count). The fourth-order valence-electron chi connectivity index (χ4n) is 2.27. The molecule has 13 heavy (non-hydrogen) atoms. The number of epoxide rings is 1. The van der Waals surface area contributed by atoms with Crippen LogP contribution >= 0.6 is 0 Å². The molecule has 0 N–H and O–H groups in total. The van der Waals surface area contributed by atoms with Crippen LogP contribution in [0.5, 0.6) is 0 Å². The normalized spacial score (nSPS) is 35.9. The van der Waals surface area contributed by atoms with Crippen LogP contribution in [-0.2, 0) is 4.74 Å². The molecule has 0 amide bonds. The average molecular weight is 175 g/mol. The van der Waals surface area contributed by atoms with E-state index >= 15 is 0 Å². The van der Waals surface area contributed by atoms with Gasteiger partial charge in [0.15, 0.2) is 0 Å². The number of ether oxygens (including phenoxy) is 1. The SMILES string of the molecule is C[C@H]1CC[C@@H]2O[C@@H]2c2cccnc21. The van der Waals surface area contributed by atoms with Crippen LogP contribution < -0.4 is 0 Å². The van der Waals surface area contributed by atoms with Crippen LogP contribution in [-0.4, -0.2) is 11.1 Å². The molecule has 0 spiro atoms. The molecule has 3 atom stereocenters. The van der Waals surface area contributed by atoms with Crippen LogP contribution in [0.4, 0.5) is 0 Å². The minimum absolute atomic E-state index is 0.369. The van der Waals surface area contributed by atoms with Crippen molar-refractivity contribution < 1.29 is 4.74 Å². The number of fused-ring (bicyclic) bond motifs is 3. The van der Waals surface area contributed by atoms with E-state index in [0.29, 0.717) is 18.1 Å². The first-order valence-corrected chi connectivity index (χ1v) is 4.96. The van der Waals surface area contributed by atoms with Gasteiger partial charge in [-0.05, 0) is 24.8 Å². The summed E-state index contributed by atoms with van der Waals surface area (Å²) in [6.45, 7) is 2.26. The topological polar surface area (TPSA) is 25.4 Å². The van der Waals surface area contributed by atoms with Crippen molar-refractivity contribution in [3.63, 3.8) is 0 Å². The number of rotatable bonds is 0. The van der Waals surface area contributed by atoms with Gasteiger partial charge in [-0.1, -0.05) is 13.0 Å². The fourth-order valence-corrected chi connectivity index (χ4v) is 2.27. The molecule has 2 aliphatic rings. The Bertz CT molecular complexity index is 316. The van der Waals surface area contributed by atoms with Gasteiger partial charge in [0.1, 0.15) is 6.10 Å². The van der Waals surface area contributed by atoms with E-state index in [1.807, 2.05) is 12.3 Å². The zero-order valence-corrected chi connectivity index (χ0v) is 7.73. The van der Waals surface area contributed by atoms with E-state index < -0.39 is 0 Å². The number of aromatic nitrogens is 1. The second-order valence-electron chi connectivity index (χ2n) is 4.05. The molecule has 1 fully saturated rings. The van der Waals surface area contributed by atoms with Crippen LogP contribution in [0.1, 0.15) is 43.0 Å². The zero-order valence-electron chi connectivity index (χ0n) is 7.73. The van der Waals surface area contributed by atoms with E-state index in [9.17, 15) is 0 Å². The highest BCUT2D eigenvalue weighted by molar-refractivity contribution is 5.30. The third-order valence-electron chi connectivity index (χ3n) is 3.11. The highest BCUT2D eigenvalue weighted by Gasteiger charge is 2.44. The van der Waals surface area contributed by atoms with Crippen molar-refractivity contribution in [1.82, 2.24) is 4.98 Å². The lowest BCUT2D eigenvalue weighted by Gasteiger charge is -2.10. The average Bonchev–Trinajstić information content (AvgIpc) is 2.92. The molecule has 0 unspecified atom stereocenters. The first-order valence-electron chi connectivity index (χ1n) is 4.96. The van der Waals surface area contributed by atoms with Crippen molar-refractivity contribution in [2.75, 3.05) is 0 Å². The minimum atomic E-state index is 0.369. The fraction of sp³-hybridized carbons (Fsp3) is 0.545. The van der Waals surface area contributed by atoms with Gasteiger partial charge in [-0.15, -0.1) is 0 Å². The minimum Gasteiger partial charge on any atom is -0.364 e. The molecule has 1 aliphatic heterocycles. The molecule has 2 nitrogen and oxygen atoms in total. The Morgan fingerprint density at radius 2 is 2.38 bits per heavy atom. The third kappa shape index (κ3) is 1.09. The first kappa shape index (κ1) is 7.51. The lowest BCUT2D eigenvalue weighted by Crippen LogP contribution is -1.99. The Hall–Kier alpha value is -0.890. The van der Waals surface area contributed by atoms with Crippen molar-refractivity contribution in [3.05, 3.63) is 29.6 Å². The molecular weight excluding hydrogens is 162 g/mol. The Labute approximate surface area is 77.9 Å². The van der Waals surface area contributed by atoms with E-state index in [4.69, 9.17) is 4.74 Å². The number of hydrogen-bond acceptors (Lipinski definition) is 2. The number of pyridine rings is 1. The number of hydrogen-bond donors (Lipinski definition) is 0. The van der Waals surface area contributed by atoms with Gasteiger partial charge in [0.2, 0.25) is 0 Å². The van der Waals surface area contributed by atoms with E-state index in [-0.39, 0.29) is 0 Å². The largest absolute Gasteiger partial charge is 0.364 e. The molecule has 0 saturated carbocycles. The summed E-state index contributed by atoms with van der Waals surface area (Å²) in [6.07, 6.45) is 5.16. The highest BCUT2D eigenvalue weighted by atomic mass is 16.6. The quantitative estimate of drug-likeness (QED) is 0.566. The molecular formula is C11H13NO. The summed E-state index contributed by atoms with van der Waals surface area (Å²) < 4.78 is 5.59. The van der Waals surface area contributed by atoms with E-state index in [1.165, 1.54) is 24.1 Å². The molecule has 1 aliphatic carbocycles. The lowest BCUT2D eigenvalue weighted by molar-refractivity contribution is 0.350. The molecule has 1 saturated heterocycles. The van der Waals surface area contributed by atoms with E-state index in [1.54, 1.807) is 0 Å². The molecule has 68 valence electrons. The molecule has 1 aromatic rings. The lowest BCUT2D eigenvalue weighted by atomic mass is 10.00. The first-order chi connectivity index (χ1) is 6.36. The van der Waals surface area contributed by atoms with Crippen LogP contribution in [0.15, 0.2) is 18.3 Å². The maximum absolute atomic E-state index is 5.59. The van der Waals surface area contributed by atoms with Gasteiger partial charge in [0, 0.05) is 17.5 Å². The predicted molar refractivity (Wildman–Crippen MR) is 49.5 cm³/mol. The smallest absolute Gasteiger partial charge is 0.111 e. The third-order valence-corrected chi connectivity index (χ3v) is 3.11.